The van der Waals surface area contributed by atoms with Crippen LogP contribution in [0.2, 0.25) is 0 Å². The highest BCUT2D eigenvalue weighted by Crippen LogP contribution is 1.93. The molecule has 6 nitrogen and oxygen atoms in total. The lowest BCUT2D eigenvalue weighted by molar-refractivity contribution is -0.141. The average Bonchev–Trinajstić information content (AvgIpc) is 2.11. The molecule has 0 aliphatic carbocycles. The van der Waals surface area contributed by atoms with Crippen molar-refractivity contribution in [3.05, 3.63) is 0 Å². The van der Waals surface area contributed by atoms with Gasteiger partial charge in [0.05, 0.1) is 6.10 Å². The van der Waals surface area contributed by atoms with Gasteiger partial charge >= 0.3 is 5.97 Å². The molecule has 0 aromatic rings. The summed E-state index contributed by atoms with van der Waals surface area (Å²) < 4.78 is 0. The topological polar surface area (TPSA) is 113 Å². The molecule has 82 valence electrons. The van der Waals surface area contributed by atoms with E-state index in [-0.39, 0.29) is 5.75 Å². The number of thiol groups is 1. The second kappa shape index (κ2) is 5.84. The first-order valence-corrected chi connectivity index (χ1v) is 4.61. The lowest BCUT2D eigenvalue weighted by Crippen LogP contribution is -2.52. The van der Waals surface area contributed by atoms with Crippen LogP contribution in [0.5, 0.6) is 0 Å². The molecular formula is C7H14N2O4S. The van der Waals surface area contributed by atoms with Gasteiger partial charge in [-0.15, -0.1) is 0 Å². The Hall–Kier alpha value is -0.790. The molecule has 0 radical (unpaired) electrons. The number of aliphatic hydroxyl groups is 1. The first-order chi connectivity index (χ1) is 6.40. The Morgan fingerprint density at radius 3 is 2.36 bits per heavy atom. The first kappa shape index (κ1) is 13.2. The van der Waals surface area contributed by atoms with Crippen LogP contribution in [-0.4, -0.2) is 46.0 Å². The fourth-order valence-electron chi connectivity index (χ4n) is 0.672. The van der Waals surface area contributed by atoms with Crippen molar-refractivity contribution in [1.82, 2.24) is 5.32 Å². The van der Waals surface area contributed by atoms with Crippen LogP contribution in [0, 0.1) is 0 Å². The lowest BCUT2D eigenvalue weighted by Gasteiger charge is -2.17. The number of carboxylic acid groups (broad SMARTS) is 1. The summed E-state index contributed by atoms with van der Waals surface area (Å²) in [5.74, 6) is -1.93. The summed E-state index contributed by atoms with van der Waals surface area (Å²) in [6.45, 7) is 1.35. The molecule has 0 saturated carbocycles. The van der Waals surface area contributed by atoms with E-state index >= 15 is 0 Å². The van der Waals surface area contributed by atoms with E-state index in [1.807, 2.05) is 0 Å². The summed E-state index contributed by atoms with van der Waals surface area (Å²) in [6, 6.07) is -2.22. The molecule has 1 amide bonds. The van der Waals surface area contributed by atoms with Crippen molar-refractivity contribution in [3.8, 4) is 0 Å². The Kier molecular flexibility index (Phi) is 5.51. The predicted octanol–water partition coefficient (Wildman–Crippen LogP) is -1.81. The summed E-state index contributed by atoms with van der Waals surface area (Å²) in [6.07, 6.45) is -1.02. The van der Waals surface area contributed by atoms with Crippen molar-refractivity contribution in [3.63, 3.8) is 0 Å². The minimum absolute atomic E-state index is 0.0341. The first-order valence-electron chi connectivity index (χ1n) is 3.97. The molecule has 5 N–H and O–H groups in total. The third kappa shape index (κ3) is 3.95. The third-order valence-electron chi connectivity index (χ3n) is 1.62. The van der Waals surface area contributed by atoms with Crippen LogP contribution in [0.15, 0.2) is 0 Å². The van der Waals surface area contributed by atoms with Gasteiger partial charge in [-0.25, -0.2) is 4.79 Å². The van der Waals surface area contributed by atoms with Gasteiger partial charge in [0.1, 0.15) is 12.1 Å². The van der Waals surface area contributed by atoms with Gasteiger partial charge in [-0.3, -0.25) is 4.79 Å². The number of aliphatic carboxylic acids is 1. The number of rotatable bonds is 5. The molecule has 0 spiro atoms. The summed E-state index contributed by atoms with van der Waals surface area (Å²) in [4.78, 5) is 21.7. The van der Waals surface area contributed by atoms with Gasteiger partial charge in [-0.2, -0.15) is 12.6 Å². The molecule has 0 fully saturated rings. The van der Waals surface area contributed by atoms with Gasteiger partial charge in [0.2, 0.25) is 5.91 Å². The number of carbonyl (C=O) groups is 2. The Bertz CT molecular complexity index is 222. The van der Waals surface area contributed by atoms with Gasteiger partial charge in [0, 0.05) is 5.75 Å². The monoisotopic (exact) mass is 222 g/mol. The summed E-state index contributed by atoms with van der Waals surface area (Å²) in [5.41, 5.74) is 5.28. The van der Waals surface area contributed by atoms with Gasteiger partial charge in [-0.1, -0.05) is 0 Å². The molecule has 14 heavy (non-hydrogen) atoms. The molecule has 0 rings (SSSR count). The number of aliphatic hydroxyl groups excluding tert-OH is 1. The fourth-order valence-corrected chi connectivity index (χ4v) is 0.920. The molecule has 0 aliphatic rings. The largest absolute Gasteiger partial charge is 0.480 e. The molecule has 3 atom stereocenters. The number of amides is 1. The highest BCUT2D eigenvalue weighted by Gasteiger charge is 2.24. The third-order valence-corrected chi connectivity index (χ3v) is 1.98. The van der Waals surface area contributed by atoms with E-state index in [1.54, 1.807) is 0 Å². The van der Waals surface area contributed by atoms with Crippen LogP contribution >= 0.6 is 12.6 Å². The Morgan fingerprint density at radius 2 is 2.07 bits per heavy atom. The smallest absolute Gasteiger partial charge is 0.327 e. The highest BCUT2D eigenvalue weighted by molar-refractivity contribution is 7.80. The molecule has 0 aliphatic heterocycles. The zero-order valence-corrected chi connectivity index (χ0v) is 8.57. The maximum Gasteiger partial charge on any atom is 0.327 e. The number of hydrogen-bond donors (Lipinski definition) is 5. The zero-order chi connectivity index (χ0) is 11.3. The Labute approximate surface area is 86.9 Å². The van der Waals surface area contributed by atoms with Crippen LogP contribution in [0.3, 0.4) is 0 Å². The number of nitrogens with one attached hydrogen (secondary N) is 1. The second-order valence-electron chi connectivity index (χ2n) is 2.85. The van der Waals surface area contributed by atoms with Crippen molar-refractivity contribution in [2.45, 2.75) is 25.1 Å². The molecule has 0 aromatic heterocycles. The van der Waals surface area contributed by atoms with E-state index in [0.717, 1.165) is 0 Å². The van der Waals surface area contributed by atoms with Crippen LogP contribution in [0.25, 0.3) is 0 Å². The van der Waals surface area contributed by atoms with E-state index in [0.29, 0.717) is 0 Å². The van der Waals surface area contributed by atoms with Crippen LogP contribution in [0.1, 0.15) is 6.92 Å². The quantitative estimate of drug-likeness (QED) is 0.352. The highest BCUT2D eigenvalue weighted by atomic mass is 32.1. The Morgan fingerprint density at radius 1 is 1.57 bits per heavy atom. The molecule has 0 heterocycles. The van der Waals surface area contributed by atoms with Crippen LogP contribution in [-0.2, 0) is 9.59 Å². The maximum absolute atomic E-state index is 11.2. The molecular weight excluding hydrogens is 208 g/mol. The van der Waals surface area contributed by atoms with E-state index < -0.39 is 30.1 Å². The van der Waals surface area contributed by atoms with Crippen molar-refractivity contribution < 1.29 is 19.8 Å². The lowest BCUT2D eigenvalue weighted by atomic mass is 10.2. The van der Waals surface area contributed by atoms with Gasteiger partial charge in [-0.05, 0) is 6.92 Å². The van der Waals surface area contributed by atoms with E-state index in [2.05, 4.69) is 17.9 Å². The van der Waals surface area contributed by atoms with Crippen molar-refractivity contribution in [2.24, 2.45) is 5.73 Å². The number of carbonyl (C=O) groups excluding carboxylic acids is 1. The molecule has 0 saturated heterocycles. The van der Waals surface area contributed by atoms with Crippen LogP contribution in [0.4, 0.5) is 0 Å². The Balaban J connectivity index is 4.22. The summed E-state index contributed by atoms with van der Waals surface area (Å²) in [5, 5.41) is 19.7. The SMILES string of the molecule is CC(O)[C@H](N)C(=O)N[C@@H](CS)C(=O)O. The predicted molar refractivity (Wildman–Crippen MR) is 53.1 cm³/mol. The van der Waals surface area contributed by atoms with Crippen LogP contribution < -0.4 is 11.1 Å². The minimum Gasteiger partial charge on any atom is -0.480 e. The molecule has 0 bridgehead atoms. The van der Waals surface area contributed by atoms with Gasteiger partial charge in [0.25, 0.3) is 0 Å². The van der Waals surface area contributed by atoms with Gasteiger partial charge < -0.3 is 21.3 Å². The number of carboxylic acids is 1. The minimum atomic E-state index is -1.19. The average molecular weight is 222 g/mol. The van der Waals surface area contributed by atoms with E-state index in [4.69, 9.17) is 15.9 Å². The summed E-state index contributed by atoms with van der Waals surface area (Å²) in [7, 11) is 0. The van der Waals surface area contributed by atoms with Crippen molar-refractivity contribution >= 4 is 24.5 Å². The second-order valence-corrected chi connectivity index (χ2v) is 3.21. The normalized spacial score (nSPS) is 16.9. The fraction of sp³-hybridized carbons (Fsp3) is 0.714. The van der Waals surface area contributed by atoms with Crippen molar-refractivity contribution in [1.29, 1.82) is 0 Å². The molecule has 0 aromatic carbocycles. The van der Waals surface area contributed by atoms with Crippen molar-refractivity contribution in [2.75, 3.05) is 5.75 Å². The number of hydrogen-bond acceptors (Lipinski definition) is 5. The standard InChI is InChI=1S/C7H14N2O4S/c1-3(10)5(8)6(11)9-4(2-14)7(12)13/h3-5,10,14H,2,8H2,1H3,(H,9,11)(H,12,13)/t3?,4-,5-/m0/s1. The molecule has 1 unspecified atom stereocenters. The number of nitrogens with two attached hydrogens (primary N) is 1. The van der Waals surface area contributed by atoms with Gasteiger partial charge in [0.15, 0.2) is 0 Å². The molecule has 7 heteroatoms. The zero-order valence-electron chi connectivity index (χ0n) is 7.67. The van der Waals surface area contributed by atoms with E-state index in [1.165, 1.54) is 6.92 Å². The maximum atomic E-state index is 11.2. The summed E-state index contributed by atoms with van der Waals surface area (Å²) >= 11 is 3.75. The van der Waals surface area contributed by atoms with E-state index in [9.17, 15) is 9.59 Å².